The molecule has 1 aromatic carbocycles. The van der Waals surface area contributed by atoms with Crippen LogP contribution in [-0.4, -0.2) is 31.8 Å². The normalized spacial score (nSPS) is 17.9. The number of nitrogens with one attached hydrogen (secondary N) is 1. The highest BCUT2D eigenvalue weighted by molar-refractivity contribution is 6.32. The second-order valence-corrected chi connectivity index (χ2v) is 5.23. The summed E-state index contributed by atoms with van der Waals surface area (Å²) in [7, 11) is 0. The molecule has 0 aromatic heterocycles. The zero-order valence-electron chi connectivity index (χ0n) is 11.4. The Balaban J connectivity index is 1.56. The van der Waals surface area contributed by atoms with Crippen LogP contribution in [0.1, 0.15) is 25.7 Å². The van der Waals surface area contributed by atoms with Crippen LogP contribution in [0.4, 0.5) is 0 Å². The van der Waals surface area contributed by atoms with Crippen molar-refractivity contribution in [2.24, 2.45) is 0 Å². The molecule has 0 radical (unpaired) electrons. The highest BCUT2D eigenvalue weighted by Gasteiger charge is 2.15. The second-order valence-electron chi connectivity index (χ2n) is 4.82. The van der Waals surface area contributed by atoms with Gasteiger partial charge in [-0.25, -0.2) is 0 Å². The first kappa shape index (κ1) is 15.1. The summed E-state index contributed by atoms with van der Waals surface area (Å²) in [5.41, 5.74) is 0. The number of hydrogen-bond acceptors (Lipinski definition) is 3. The lowest BCUT2D eigenvalue weighted by Gasteiger charge is -2.11. The van der Waals surface area contributed by atoms with Crippen molar-refractivity contribution in [3.8, 4) is 5.75 Å². The number of ether oxygens (including phenoxy) is 2. The van der Waals surface area contributed by atoms with E-state index in [2.05, 4.69) is 5.32 Å². The van der Waals surface area contributed by atoms with Crippen LogP contribution < -0.4 is 10.1 Å². The summed E-state index contributed by atoms with van der Waals surface area (Å²) in [6.07, 6.45) is 3.44. The first-order valence-electron chi connectivity index (χ1n) is 7.01. The predicted molar refractivity (Wildman–Crippen MR) is 78.2 cm³/mol. The van der Waals surface area contributed by atoms with Gasteiger partial charge in [0.05, 0.1) is 17.7 Å². The van der Waals surface area contributed by atoms with Crippen molar-refractivity contribution in [3.63, 3.8) is 0 Å². The van der Waals surface area contributed by atoms with Gasteiger partial charge in [-0.1, -0.05) is 23.7 Å². The third-order valence-electron chi connectivity index (χ3n) is 3.19. The molecular formula is C15H20ClNO3. The van der Waals surface area contributed by atoms with Crippen molar-refractivity contribution >= 4 is 17.5 Å². The lowest BCUT2D eigenvalue weighted by Crippen LogP contribution is -2.31. The van der Waals surface area contributed by atoms with Gasteiger partial charge in [-0.05, 0) is 31.4 Å². The third kappa shape index (κ3) is 5.02. The molecule has 1 fully saturated rings. The van der Waals surface area contributed by atoms with E-state index in [0.29, 0.717) is 36.8 Å². The number of carbonyl (C=O) groups is 1. The van der Waals surface area contributed by atoms with Crippen molar-refractivity contribution in [3.05, 3.63) is 29.3 Å². The zero-order valence-corrected chi connectivity index (χ0v) is 12.2. The average Bonchev–Trinajstić information content (AvgIpc) is 2.96. The predicted octanol–water partition coefficient (Wildman–Crippen LogP) is 2.79. The van der Waals surface area contributed by atoms with Gasteiger partial charge in [0, 0.05) is 19.6 Å². The summed E-state index contributed by atoms with van der Waals surface area (Å²) >= 11 is 5.97. The van der Waals surface area contributed by atoms with Crippen LogP contribution in [0, 0.1) is 0 Å². The van der Waals surface area contributed by atoms with Gasteiger partial charge in [0.1, 0.15) is 5.75 Å². The first-order chi connectivity index (χ1) is 9.75. The molecule has 0 saturated carbocycles. The van der Waals surface area contributed by atoms with Gasteiger partial charge in [0.15, 0.2) is 0 Å². The van der Waals surface area contributed by atoms with Gasteiger partial charge in [0.2, 0.25) is 5.91 Å². The van der Waals surface area contributed by atoms with E-state index in [1.54, 1.807) is 6.07 Å². The molecule has 1 aliphatic rings. The molecule has 1 heterocycles. The Morgan fingerprint density at radius 3 is 3.05 bits per heavy atom. The number of para-hydroxylation sites is 1. The molecule has 1 N–H and O–H groups in total. The molecule has 110 valence electrons. The second kappa shape index (κ2) is 8.12. The van der Waals surface area contributed by atoms with Gasteiger partial charge in [-0.3, -0.25) is 4.79 Å². The van der Waals surface area contributed by atoms with E-state index in [9.17, 15) is 4.79 Å². The van der Waals surface area contributed by atoms with Crippen LogP contribution in [0.2, 0.25) is 5.02 Å². The molecule has 0 unspecified atom stereocenters. The minimum atomic E-state index is 0.0447. The minimum Gasteiger partial charge on any atom is -0.492 e. The fourth-order valence-electron chi connectivity index (χ4n) is 2.10. The zero-order chi connectivity index (χ0) is 14.2. The molecule has 20 heavy (non-hydrogen) atoms. The maximum atomic E-state index is 11.6. The summed E-state index contributed by atoms with van der Waals surface area (Å²) < 4.78 is 11.0. The quantitative estimate of drug-likeness (QED) is 0.787. The lowest BCUT2D eigenvalue weighted by molar-refractivity contribution is -0.121. The van der Waals surface area contributed by atoms with E-state index in [0.717, 1.165) is 19.4 Å². The van der Waals surface area contributed by atoms with E-state index >= 15 is 0 Å². The Kier molecular flexibility index (Phi) is 6.15. The smallest absolute Gasteiger partial charge is 0.220 e. The molecule has 0 aliphatic carbocycles. The van der Waals surface area contributed by atoms with Crippen LogP contribution in [0.25, 0.3) is 0 Å². The van der Waals surface area contributed by atoms with Crippen LogP contribution in [0.5, 0.6) is 5.75 Å². The van der Waals surface area contributed by atoms with Gasteiger partial charge in [-0.2, -0.15) is 0 Å². The van der Waals surface area contributed by atoms with Crippen LogP contribution in [0.15, 0.2) is 24.3 Å². The number of halogens is 1. The highest BCUT2D eigenvalue weighted by atomic mass is 35.5. The molecule has 1 amide bonds. The topological polar surface area (TPSA) is 47.6 Å². The SMILES string of the molecule is O=C(CCCOc1ccccc1Cl)NC[C@H]1CCCO1. The van der Waals surface area contributed by atoms with E-state index < -0.39 is 0 Å². The van der Waals surface area contributed by atoms with E-state index in [4.69, 9.17) is 21.1 Å². The molecule has 1 atom stereocenters. The van der Waals surface area contributed by atoms with E-state index in [1.165, 1.54) is 0 Å². The number of carbonyl (C=O) groups excluding carboxylic acids is 1. The molecule has 5 heteroatoms. The molecular weight excluding hydrogens is 278 g/mol. The molecule has 1 aromatic rings. The molecule has 0 bridgehead atoms. The highest BCUT2D eigenvalue weighted by Crippen LogP contribution is 2.23. The molecule has 4 nitrogen and oxygen atoms in total. The molecule has 1 aliphatic heterocycles. The Hall–Kier alpha value is -1.26. The third-order valence-corrected chi connectivity index (χ3v) is 3.51. The van der Waals surface area contributed by atoms with Gasteiger partial charge in [-0.15, -0.1) is 0 Å². The Morgan fingerprint density at radius 2 is 2.30 bits per heavy atom. The minimum absolute atomic E-state index is 0.0447. The first-order valence-corrected chi connectivity index (χ1v) is 7.39. The summed E-state index contributed by atoms with van der Waals surface area (Å²) in [5.74, 6) is 0.706. The summed E-state index contributed by atoms with van der Waals surface area (Å²) in [4.78, 5) is 11.6. The summed E-state index contributed by atoms with van der Waals surface area (Å²) in [6.45, 7) is 1.91. The average molecular weight is 298 g/mol. The fourth-order valence-corrected chi connectivity index (χ4v) is 2.29. The molecule has 0 spiro atoms. The standard InChI is InChI=1S/C15H20ClNO3/c16-13-6-1-2-7-14(13)20-10-4-8-15(18)17-11-12-5-3-9-19-12/h1-2,6-7,12H,3-5,8-11H2,(H,17,18)/t12-/m1/s1. The van der Waals surface area contributed by atoms with Crippen LogP contribution in [-0.2, 0) is 9.53 Å². The van der Waals surface area contributed by atoms with Crippen molar-refractivity contribution in [1.29, 1.82) is 0 Å². The lowest BCUT2D eigenvalue weighted by atomic mass is 10.2. The number of benzene rings is 1. The van der Waals surface area contributed by atoms with Gasteiger partial charge >= 0.3 is 0 Å². The van der Waals surface area contributed by atoms with Gasteiger partial charge < -0.3 is 14.8 Å². The monoisotopic (exact) mass is 297 g/mol. The Morgan fingerprint density at radius 1 is 1.45 bits per heavy atom. The van der Waals surface area contributed by atoms with E-state index in [-0.39, 0.29) is 12.0 Å². The van der Waals surface area contributed by atoms with Gasteiger partial charge in [0.25, 0.3) is 0 Å². The van der Waals surface area contributed by atoms with Crippen LogP contribution >= 0.6 is 11.6 Å². The maximum absolute atomic E-state index is 11.6. The number of hydrogen-bond donors (Lipinski definition) is 1. The van der Waals surface area contributed by atoms with Crippen molar-refractivity contribution in [1.82, 2.24) is 5.32 Å². The van der Waals surface area contributed by atoms with Crippen molar-refractivity contribution in [2.75, 3.05) is 19.8 Å². The summed E-state index contributed by atoms with van der Waals surface area (Å²) in [5, 5.41) is 3.48. The Labute approximate surface area is 124 Å². The fraction of sp³-hybridized carbons (Fsp3) is 0.533. The van der Waals surface area contributed by atoms with Crippen molar-refractivity contribution < 1.29 is 14.3 Å². The number of amides is 1. The largest absolute Gasteiger partial charge is 0.492 e. The molecule has 2 rings (SSSR count). The maximum Gasteiger partial charge on any atom is 0.220 e. The number of rotatable bonds is 7. The molecule has 1 saturated heterocycles. The van der Waals surface area contributed by atoms with Crippen molar-refractivity contribution in [2.45, 2.75) is 31.8 Å². The van der Waals surface area contributed by atoms with E-state index in [1.807, 2.05) is 18.2 Å². The summed E-state index contributed by atoms with van der Waals surface area (Å²) in [6, 6.07) is 7.33. The van der Waals surface area contributed by atoms with Crippen LogP contribution in [0.3, 0.4) is 0 Å². The Bertz CT molecular complexity index is 433.